The second kappa shape index (κ2) is 14.7. The van der Waals surface area contributed by atoms with Gasteiger partial charge in [0.1, 0.15) is 22.8 Å². The van der Waals surface area contributed by atoms with Gasteiger partial charge < -0.3 is 40.7 Å². The minimum Gasteiger partial charge on any atom is -0.507 e. The normalized spacial score (nSPS) is 25.9. The minimum absolute atomic E-state index is 0.0596. The van der Waals surface area contributed by atoms with Crippen LogP contribution in [0.15, 0.2) is 59.7 Å². The number of methoxy groups -OCH3 is 1. The Hall–Kier alpha value is -5.78. The summed E-state index contributed by atoms with van der Waals surface area (Å²) in [5, 5.41) is 61.0. The largest absolute Gasteiger partial charge is 0.507 e. The summed E-state index contributed by atoms with van der Waals surface area (Å²) in [5.41, 5.74) is 5.57. The van der Waals surface area contributed by atoms with E-state index >= 15 is 0 Å². The summed E-state index contributed by atoms with van der Waals surface area (Å²) in [4.78, 5) is 66.0. The number of aromatic hydroxyl groups is 2. The van der Waals surface area contributed by atoms with Crippen LogP contribution in [0, 0.1) is 5.92 Å². The number of phenols is 2. The highest BCUT2D eigenvalue weighted by Gasteiger charge is 2.49. The van der Waals surface area contributed by atoms with E-state index in [1.165, 1.54) is 37.4 Å². The van der Waals surface area contributed by atoms with E-state index in [1.807, 2.05) is 0 Å². The van der Waals surface area contributed by atoms with Crippen molar-refractivity contribution >= 4 is 40.7 Å². The number of aliphatic hydroxyl groups excluding tert-OH is 2. The van der Waals surface area contributed by atoms with Crippen LogP contribution in [0.1, 0.15) is 80.8 Å². The molecule has 292 valence electrons. The zero-order valence-electron chi connectivity index (χ0n) is 30.4. The lowest BCUT2D eigenvalue weighted by molar-refractivity contribution is -0.121. The number of imide groups is 1. The molecule has 6 atom stereocenters. The maximum absolute atomic E-state index is 14.0. The van der Waals surface area contributed by atoms with E-state index in [0.717, 1.165) is 17.1 Å². The summed E-state index contributed by atoms with van der Waals surface area (Å²) >= 11 is 0. The number of ether oxygens (including phenoxy) is 2. The van der Waals surface area contributed by atoms with Crippen molar-refractivity contribution in [2.45, 2.75) is 69.0 Å². The van der Waals surface area contributed by atoms with E-state index in [9.17, 15) is 49.5 Å². The second-order valence-corrected chi connectivity index (χ2v) is 14.6. The number of hydrazone groups is 1. The quantitative estimate of drug-likeness (QED) is 0.0548. The first-order valence-electron chi connectivity index (χ1n) is 18.0. The van der Waals surface area contributed by atoms with Crippen LogP contribution < -0.4 is 20.8 Å². The van der Waals surface area contributed by atoms with Gasteiger partial charge in [0.25, 0.3) is 11.8 Å². The van der Waals surface area contributed by atoms with Gasteiger partial charge in [-0.1, -0.05) is 31.2 Å². The predicted octanol–water partition coefficient (Wildman–Crippen LogP) is 1.24. The van der Waals surface area contributed by atoms with Crippen LogP contribution in [0.5, 0.6) is 17.2 Å². The smallest absolute Gasteiger partial charge is 0.258 e. The molecule has 7 rings (SSSR count). The number of benzene rings is 3. The van der Waals surface area contributed by atoms with Crippen LogP contribution in [-0.4, -0.2) is 98.1 Å². The van der Waals surface area contributed by atoms with Gasteiger partial charge in [-0.3, -0.25) is 24.0 Å². The Morgan fingerprint density at radius 2 is 1.66 bits per heavy atom. The molecule has 3 aliphatic carbocycles. The first kappa shape index (κ1) is 38.5. The molecule has 3 amide bonds. The molecule has 0 aromatic heterocycles. The van der Waals surface area contributed by atoms with Crippen molar-refractivity contribution in [1.29, 1.82) is 0 Å². The lowest BCUT2D eigenvalue weighted by Gasteiger charge is -2.43. The zero-order chi connectivity index (χ0) is 40.2. The number of phenolic OH excluding ortho intramolecular Hbond substituents is 2. The van der Waals surface area contributed by atoms with Crippen LogP contribution in [0.25, 0.3) is 0 Å². The molecule has 4 unspecified atom stereocenters. The summed E-state index contributed by atoms with van der Waals surface area (Å²) in [6.07, 6.45) is -1.03. The molecule has 3 aromatic carbocycles. The zero-order valence-corrected chi connectivity index (χ0v) is 30.4. The lowest BCUT2D eigenvalue weighted by atomic mass is 9.71. The Kier molecular flexibility index (Phi) is 10.1. The standard InChI is InChI=1S/C40H40N4O12/c1-18-12-21(14-24(41)35(18)49)56-26-16-40(54,27(17-45)42-43-28(46)13-19-6-8-20(9-7-19)44-29(47)10-11-30(44)48)15-23-32(26)39(53)34-33(37(23)51)36(50)22-4-3-5-25(55-2)31(22)38(34)52/h3-11,18,21,24,26,35,45,49,51,53-54H,12-17,41H2,1-2H3,(H,43,46)/b42-27+/t18?,21?,24?,26-,35?,40-/m0/s1. The number of hydrogen-bond donors (Lipinski definition) is 7. The molecule has 0 bridgehead atoms. The van der Waals surface area contributed by atoms with Crippen LogP contribution in [0.4, 0.5) is 5.69 Å². The first-order valence-corrected chi connectivity index (χ1v) is 18.0. The number of ketones is 2. The van der Waals surface area contributed by atoms with Gasteiger partial charge in [0, 0.05) is 47.7 Å². The van der Waals surface area contributed by atoms with Crippen molar-refractivity contribution < 1.29 is 59.0 Å². The summed E-state index contributed by atoms with van der Waals surface area (Å²) in [6.45, 7) is 0.916. The van der Waals surface area contributed by atoms with Gasteiger partial charge in [-0.05, 0) is 42.5 Å². The third kappa shape index (κ3) is 6.54. The number of fused-ring (bicyclic) bond motifs is 3. The molecule has 1 fully saturated rings. The van der Waals surface area contributed by atoms with Crippen molar-refractivity contribution in [1.82, 2.24) is 5.43 Å². The fourth-order valence-corrected chi connectivity index (χ4v) is 8.17. The highest BCUT2D eigenvalue weighted by Crippen LogP contribution is 2.53. The maximum Gasteiger partial charge on any atom is 0.258 e. The van der Waals surface area contributed by atoms with Gasteiger partial charge in [0.2, 0.25) is 11.7 Å². The Morgan fingerprint density at radius 3 is 2.30 bits per heavy atom. The highest BCUT2D eigenvalue weighted by atomic mass is 16.5. The van der Waals surface area contributed by atoms with Crippen molar-refractivity contribution in [3.05, 3.63) is 93.6 Å². The fourth-order valence-electron chi connectivity index (χ4n) is 8.17. The number of nitrogens with zero attached hydrogens (tertiary/aromatic N) is 2. The Balaban J connectivity index is 1.22. The van der Waals surface area contributed by atoms with E-state index in [2.05, 4.69) is 10.5 Å². The summed E-state index contributed by atoms with van der Waals surface area (Å²) in [7, 11) is 1.33. The number of hydrogen-bond acceptors (Lipinski definition) is 14. The van der Waals surface area contributed by atoms with Gasteiger partial charge in [0.15, 0.2) is 5.78 Å². The average Bonchev–Trinajstić information content (AvgIpc) is 3.50. The van der Waals surface area contributed by atoms with Gasteiger partial charge in [-0.2, -0.15) is 5.10 Å². The van der Waals surface area contributed by atoms with Crippen LogP contribution in [-0.2, 0) is 32.0 Å². The molecule has 0 saturated heterocycles. The predicted molar refractivity (Wildman–Crippen MR) is 197 cm³/mol. The molecule has 1 saturated carbocycles. The Bertz CT molecular complexity index is 2200. The summed E-state index contributed by atoms with van der Waals surface area (Å²) < 4.78 is 11.8. The Labute approximate surface area is 319 Å². The van der Waals surface area contributed by atoms with Crippen molar-refractivity contribution in [2.75, 3.05) is 18.6 Å². The van der Waals surface area contributed by atoms with E-state index in [-0.39, 0.29) is 52.5 Å². The summed E-state index contributed by atoms with van der Waals surface area (Å²) in [6, 6.07) is 9.82. The fraction of sp³-hybridized carbons (Fsp3) is 0.350. The molecule has 4 aliphatic rings. The molecule has 1 aliphatic heterocycles. The molecule has 16 nitrogen and oxygen atoms in total. The van der Waals surface area contributed by atoms with E-state index in [1.54, 1.807) is 19.1 Å². The number of aliphatic hydroxyl groups is 3. The molecule has 1 heterocycles. The highest BCUT2D eigenvalue weighted by molar-refractivity contribution is 6.31. The summed E-state index contributed by atoms with van der Waals surface area (Å²) in [5.74, 6) is -4.71. The minimum atomic E-state index is -2.15. The van der Waals surface area contributed by atoms with Gasteiger partial charge in [0.05, 0.1) is 66.5 Å². The SMILES string of the molecule is COc1cccc2c1C(=O)c1c(O)c3c(c(O)c1C2=O)C[C@@](O)(/C(CO)=N/NC(=O)Cc1ccc(N2C(=O)C=CC2=O)cc1)C[C@@H]3OC1CC(C)C(O)C(N)C1. The number of amides is 3. The number of nitrogens with one attached hydrogen (secondary N) is 1. The number of carbonyl (C=O) groups excluding carboxylic acids is 5. The molecular formula is C40H40N4O12. The molecule has 3 aromatic rings. The van der Waals surface area contributed by atoms with Gasteiger partial charge in [-0.25, -0.2) is 10.3 Å². The molecule has 16 heteroatoms. The molecule has 56 heavy (non-hydrogen) atoms. The number of carbonyl (C=O) groups is 5. The Morgan fingerprint density at radius 1 is 0.982 bits per heavy atom. The van der Waals surface area contributed by atoms with Crippen molar-refractivity contribution in [3.63, 3.8) is 0 Å². The van der Waals surface area contributed by atoms with Crippen molar-refractivity contribution in [2.24, 2.45) is 16.8 Å². The topological polar surface area (TPSA) is 259 Å². The molecule has 8 N–H and O–H groups in total. The molecular weight excluding hydrogens is 728 g/mol. The van der Waals surface area contributed by atoms with E-state index in [4.69, 9.17) is 15.2 Å². The second-order valence-electron chi connectivity index (χ2n) is 14.6. The maximum atomic E-state index is 14.0. The van der Waals surface area contributed by atoms with E-state index < -0.39 is 101 Å². The van der Waals surface area contributed by atoms with Crippen LogP contribution in [0.3, 0.4) is 0 Å². The van der Waals surface area contributed by atoms with Gasteiger partial charge >= 0.3 is 0 Å². The van der Waals surface area contributed by atoms with E-state index in [0.29, 0.717) is 17.7 Å². The number of anilines is 1. The lowest BCUT2D eigenvalue weighted by Crippen LogP contribution is -2.50. The molecule has 0 radical (unpaired) electrons. The third-order valence-corrected chi connectivity index (χ3v) is 11.0. The number of nitrogens with two attached hydrogens (primary N) is 1. The monoisotopic (exact) mass is 768 g/mol. The van der Waals surface area contributed by atoms with Gasteiger partial charge in [-0.15, -0.1) is 0 Å². The number of rotatable bonds is 9. The van der Waals surface area contributed by atoms with Crippen molar-refractivity contribution in [3.8, 4) is 17.2 Å². The third-order valence-electron chi connectivity index (χ3n) is 11.0. The molecule has 0 spiro atoms. The van der Waals surface area contributed by atoms with Crippen LogP contribution >= 0.6 is 0 Å². The van der Waals surface area contributed by atoms with Crippen LogP contribution in [0.2, 0.25) is 0 Å². The first-order chi connectivity index (χ1) is 26.7. The average molecular weight is 769 g/mol.